The second-order valence-electron chi connectivity index (χ2n) is 6.76. The summed E-state index contributed by atoms with van der Waals surface area (Å²) in [6.45, 7) is 6.11. The van der Waals surface area contributed by atoms with Gasteiger partial charge in [0.25, 0.3) is 0 Å². The molecule has 0 bridgehead atoms. The number of nitrogens with zero attached hydrogens (tertiary/aromatic N) is 1. The molecule has 0 spiro atoms. The SMILES string of the molecule is CCOP(=O)(OCC)C(C)N=P(c1ccccc1)(c1ccccc1)c1ccccc1. The number of rotatable bonds is 9. The van der Waals surface area contributed by atoms with Gasteiger partial charge in [0.1, 0.15) is 5.78 Å². The summed E-state index contributed by atoms with van der Waals surface area (Å²) in [4.78, 5) is 0. The van der Waals surface area contributed by atoms with Gasteiger partial charge in [-0.25, -0.2) is 0 Å². The smallest absolute Gasteiger partial charge is 0.307 e. The van der Waals surface area contributed by atoms with E-state index >= 15 is 0 Å². The standard InChI is InChI=1S/C24H29NO3P2/c1-4-27-30(26,28-5-2)21(3)25-29(22-15-9-6-10-16-22,23-17-11-7-12-18-23)24-19-13-8-14-20-24/h6-21H,4-5H2,1-3H3. The van der Waals surface area contributed by atoms with Crippen molar-refractivity contribution in [3.8, 4) is 0 Å². The van der Waals surface area contributed by atoms with Gasteiger partial charge in [0, 0.05) is 15.9 Å². The lowest BCUT2D eigenvalue weighted by atomic mass is 10.4. The largest absolute Gasteiger partial charge is 0.354 e. The van der Waals surface area contributed by atoms with E-state index in [1.54, 1.807) is 0 Å². The van der Waals surface area contributed by atoms with Crippen LogP contribution in [-0.2, 0) is 13.6 Å². The van der Waals surface area contributed by atoms with Gasteiger partial charge in [0.2, 0.25) is 0 Å². The van der Waals surface area contributed by atoms with Crippen LogP contribution < -0.4 is 15.9 Å². The molecule has 0 heterocycles. The fourth-order valence-corrected chi connectivity index (χ4v) is 9.31. The Kier molecular flexibility index (Phi) is 7.86. The minimum atomic E-state index is -3.41. The Balaban J connectivity index is 2.37. The summed E-state index contributed by atoms with van der Waals surface area (Å²) in [5, 5.41) is 3.32. The van der Waals surface area contributed by atoms with E-state index in [0.29, 0.717) is 13.2 Å². The second-order valence-corrected chi connectivity index (χ2v) is 12.2. The van der Waals surface area contributed by atoms with Crippen LogP contribution in [0.3, 0.4) is 0 Å². The van der Waals surface area contributed by atoms with Gasteiger partial charge in [-0.3, -0.25) is 9.31 Å². The van der Waals surface area contributed by atoms with Gasteiger partial charge < -0.3 is 9.05 Å². The minimum Gasteiger partial charge on any atom is -0.307 e. The molecule has 0 aromatic heterocycles. The average molecular weight is 441 g/mol. The zero-order valence-electron chi connectivity index (χ0n) is 17.7. The molecule has 0 aliphatic rings. The van der Waals surface area contributed by atoms with Gasteiger partial charge in [-0.15, -0.1) is 0 Å². The van der Waals surface area contributed by atoms with E-state index in [1.807, 2.05) is 75.4 Å². The third-order valence-corrected chi connectivity index (χ3v) is 11.1. The molecule has 0 fully saturated rings. The first kappa shape index (κ1) is 22.7. The maximum absolute atomic E-state index is 13.6. The molecule has 0 aliphatic carbocycles. The van der Waals surface area contributed by atoms with E-state index in [4.69, 9.17) is 13.8 Å². The molecule has 0 N–H and O–H groups in total. The molecule has 0 aliphatic heterocycles. The van der Waals surface area contributed by atoms with Crippen molar-refractivity contribution in [3.05, 3.63) is 91.0 Å². The molecule has 4 nitrogen and oxygen atoms in total. The quantitative estimate of drug-likeness (QED) is 0.396. The van der Waals surface area contributed by atoms with E-state index in [1.165, 1.54) is 0 Å². The molecule has 0 saturated heterocycles. The van der Waals surface area contributed by atoms with Crippen LogP contribution in [0.2, 0.25) is 0 Å². The lowest BCUT2D eigenvalue weighted by molar-refractivity contribution is 0.214. The zero-order valence-corrected chi connectivity index (χ0v) is 19.5. The fourth-order valence-electron chi connectivity index (χ4n) is 3.51. The van der Waals surface area contributed by atoms with Crippen LogP contribution in [0.25, 0.3) is 0 Å². The molecule has 1 unspecified atom stereocenters. The third kappa shape index (κ3) is 4.68. The van der Waals surface area contributed by atoms with E-state index in [2.05, 4.69) is 36.4 Å². The van der Waals surface area contributed by atoms with E-state index in [0.717, 1.165) is 15.9 Å². The van der Waals surface area contributed by atoms with Crippen molar-refractivity contribution in [2.24, 2.45) is 4.74 Å². The van der Waals surface area contributed by atoms with Gasteiger partial charge in [-0.05, 0) is 20.8 Å². The van der Waals surface area contributed by atoms with Crippen molar-refractivity contribution in [1.29, 1.82) is 0 Å². The van der Waals surface area contributed by atoms with Gasteiger partial charge in [-0.1, -0.05) is 91.0 Å². The molecule has 1 atom stereocenters. The van der Waals surface area contributed by atoms with Crippen LogP contribution in [0.4, 0.5) is 0 Å². The summed E-state index contributed by atoms with van der Waals surface area (Å²) in [6.07, 6.45) is 0. The zero-order chi connectivity index (χ0) is 21.5. The predicted octanol–water partition coefficient (Wildman–Crippen LogP) is 5.78. The summed E-state index contributed by atoms with van der Waals surface area (Å²) in [5.41, 5.74) is 0. The maximum atomic E-state index is 13.6. The van der Waals surface area contributed by atoms with Crippen LogP contribution in [0, 0.1) is 0 Å². The molecular weight excluding hydrogens is 412 g/mol. The number of hydrogen-bond donors (Lipinski definition) is 0. The molecule has 3 rings (SSSR count). The minimum absolute atomic E-state index is 0.310. The highest BCUT2D eigenvalue weighted by Gasteiger charge is 2.36. The highest BCUT2D eigenvalue weighted by Crippen LogP contribution is 2.58. The number of benzene rings is 3. The Hall–Kier alpha value is -1.96. The Morgan fingerprint density at radius 2 is 1.03 bits per heavy atom. The van der Waals surface area contributed by atoms with Crippen LogP contribution in [-0.4, -0.2) is 19.0 Å². The average Bonchev–Trinajstić information content (AvgIpc) is 2.79. The first-order chi connectivity index (χ1) is 14.6. The summed E-state index contributed by atoms with van der Waals surface area (Å²) in [5.74, 6) is -0.619. The third-order valence-electron chi connectivity index (χ3n) is 4.81. The molecule has 158 valence electrons. The van der Waals surface area contributed by atoms with E-state index in [-0.39, 0.29) is 0 Å². The van der Waals surface area contributed by atoms with Crippen molar-refractivity contribution < 1.29 is 13.6 Å². The van der Waals surface area contributed by atoms with Crippen LogP contribution in [0.5, 0.6) is 0 Å². The Morgan fingerprint density at radius 3 is 1.33 bits per heavy atom. The molecule has 0 saturated carbocycles. The van der Waals surface area contributed by atoms with Crippen LogP contribution in [0.1, 0.15) is 20.8 Å². The molecule has 6 heteroatoms. The second kappa shape index (κ2) is 10.4. The van der Waals surface area contributed by atoms with Gasteiger partial charge in [0.05, 0.1) is 20.3 Å². The van der Waals surface area contributed by atoms with Crippen molar-refractivity contribution in [2.45, 2.75) is 26.6 Å². The topological polar surface area (TPSA) is 47.9 Å². The summed E-state index contributed by atoms with van der Waals surface area (Å²) in [6, 6.07) is 30.8. The molecule has 3 aromatic carbocycles. The van der Waals surface area contributed by atoms with Crippen molar-refractivity contribution in [3.63, 3.8) is 0 Å². The fraction of sp³-hybridized carbons (Fsp3) is 0.250. The lowest BCUT2D eigenvalue weighted by Gasteiger charge is -2.30. The summed E-state index contributed by atoms with van der Waals surface area (Å²) < 4.78 is 30.2. The van der Waals surface area contributed by atoms with Gasteiger partial charge >= 0.3 is 7.60 Å². The van der Waals surface area contributed by atoms with Crippen LogP contribution >= 0.6 is 14.7 Å². The predicted molar refractivity (Wildman–Crippen MR) is 128 cm³/mol. The van der Waals surface area contributed by atoms with Crippen molar-refractivity contribution in [1.82, 2.24) is 0 Å². The highest BCUT2D eigenvalue weighted by molar-refractivity contribution is 7.87. The normalized spacial score (nSPS) is 13.0. The Labute approximate surface area is 179 Å². The molecule has 0 radical (unpaired) electrons. The summed E-state index contributed by atoms with van der Waals surface area (Å²) >= 11 is 0. The monoisotopic (exact) mass is 441 g/mol. The van der Waals surface area contributed by atoms with Gasteiger partial charge in [-0.2, -0.15) is 0 Å². The van der Waals surface area contributed by atoms with Crippen molar-refractivity contribution >= 4 is 30.6 Å². The van der Waals surface area contributed by atoms with Gasteiger partial charge in [0.15, 0.2) is 0 Å². The first-order valence-corrected chi connectivity index (χ1v) is 13.6. The first-order valence-electron chi connectivity index (χ1n) is 10.2. The molecule has 0 amide bonds. The van der Waals surface area contributed by atoms with E-state index in [9.17, 15) is 4.57 Å². The Morgan fingerprint density at radius 1 is 0.700 bits per heavy atom. The molecular formula is C24H29NO3P2. The van der Waals surface area contributed by atoms with E-state index < -0.39 is 20.4 Å². The molecule has 3 aromatic rings. The maximum Gasteiger partial charge on any atom is 0.354 e. The van der Waals surface area contributed by atoms with Crippen molar-refractivity contribution in [2.75, 3.05) is 13.2 Å². The molecule has 30 heavy (non-hydrogen) atoms. The Bertz CT molecular complexity index is 911. The summed E-state index contributed by atoms with van der Waals surface area (Å²) in [7, 11) is -5.87. The van der Waals surface area contributed by atoms with Crippen LogP contribution in [0.15, 0.2) is 95.7 Å². The highest BCUT2D eigenvalue weighted by atomic mass is 31.2. The number of hydrogen-bond acceptors (Lipinski definition) is 4. The lowest BCUT2D eigenvalue weighted by Crippen LogP contribution is -2.26.